The van der Waals surface area contributed by atoms with Gasteiger partial charge < -0.3 is 4.74 Å². The van der Waals surface area contributed by atoms with Crippen molar-refractivity contribution in [2.75, 3.05) is 11.6 Å². The third kappa shape index (κ3) is 4.72. The first kappa shape index (κ1) is 21.6. The Kier molecular flexibility index (Phi) is 6.29. The number of Topliss-reactive ketones (excluding diaryl/α,β-unsaturated/α-hetero) is 1. The lowest BCUT2D eigenvalue weighted by Gasteiger charge is -2.15. The molecule has 7 heteroatoms. The topological polar surface area (TPSA) is 59.0 Å². The summed E-state index contributed by atoms with van der Waals surface area (Å²) < 4.78 is 32.7. The molecular formula is C23H24F2N2O3. The average Bonchev–Trinajstić information content (AvgIpc) is 3.00. The number of hydrogen-bond donors (Lipinski definition) is 0. The maximum Gasteiger partial charge on any atom is 0.270 e. The molecule has 1 amide bonds. The van der Waals surface area contributed by atoms with Gasteiger partial charge in [-0.05, 0) is 49.2 Å². The molecule has 1 aliphatic heterocycles. The second-order valence-electron chi connectivity index (χ2n) is 7.40. The van der Waals surface area contributed by atoms with Crippen molar-refractivity contribution in [1.82, 2.24) is 0 Å². The van der Waals surface area contributed by atoms with Crippen molar-refractivity contribution < 1.29 is 23.1 Å². The average molecular weight is 414 g/mol. The fourth-order valence-electron chi connectivity index (χ4n) is 3.28. The zero-order chi connectivity index (χ0) is 21.9. The number of hydrogen-bond acceptors (Lipinski definition) is 4. The maximum atomic E-state index is 13.6. The van der Waals surface area contributed by atoms with Crippen LogP contribution in [-0.4, -0.2) is 24.0 Å². The van der Waals surface area contributed by atoms with Crippen LogP contribution in [0.15, 0.2) is 53.6 Å². The number of ether oxygens (including phenoxy) is 1. The summed E-state index contributed by atoms with van der Waals surface area (Å²) in [4.78, 5) is 25.7. The van der Waals surface area contributed by atoms with Gasteiger partial charge in [-0.25, -0.2) is 8.78 Å². The van der Waals surface area contributed by atoms with Gasteiger partial charge in [0.25, 0.3) is 11.8 Å². The summed E-state index contributed by atoms with van der Waals surface area (Å²) in [7, 11) is 0. The van der Waals surface area contributed by atoms with Crippen LogP contribution >= 0.6 is 0 Å². The molecule has 1 unspecified atom stereocenters. The summed E-state index contributed by atoms with van der Waals surface area (Å²) in [5, 5.41) is 5.46. The maximum absolute atomic E-state index is 13.6. The second kappa shape index (κ2) is 8.73. The summed E-state index contributed by atoms with van der Waals surface area (Å²) in [6, 6.07) is 12.6. The lowest BCUT2D eigenvalue weighted by Crippen LogP contribution is -2.33. The fraction of sp³-hybridized carbons (Fsp3) is 0.348. The number of carbonyl (C=O) groups is 2. The molecule has 2 aromatic carbocycles. The number of anilines is 1. The Hall–Kier alpha value is -3.09. The van der Waals surface area contributed by atoms with Gasteiger partial charge >= 0.3 is 0 Å². The van der Waals surface area contributed by atoms with E-state index in [1.807, 2.05) is 6.92 Å². The van der Waals surface area contributed by atoms with Crippen molar-refractivity contribution in [3.8, 4) is 5.75 Å². The molecule has 0 bridgehead atoms. The summed E-state index contributed by atoms with van der Waals surface area (Å²) in [5.41, 5.74) is 1.19. The molecule has 0 aliphatic carbocycles. The lowest BCUT2D eigenvalue weighted by molar-refractivity contribution is -0.128. The van der Waals surface area contributed by atoms with Gasteiger partial charge in [-0.2, -0.15) is 10.1 Å². The van der Waals surface area contributed by atoms with Crippen molar-refractivity contribution in [2.45, 2.75) is 39.5 Å². The van der Waals surface area contributed by atoms with E-state index in [1.54, 1.807) is 37.3 Å². The van der Waals surface area contributed by atoms with E-state index in [4.69, 9.17) is 4.74 Å². The Morgan fingerprint density at radius 1 is 1.20 bits per heavy atom. The van der Waals surface area contributed by atoms with Crippen LogP contribution in [0.25, 0.3) is 0 Å². The zero-order valence-corrected chi connectivity index (χ0v) is 17.2. The monoisotopic (exact) mass is 414 g/mol. The predicted molar refractivity (Wildman–Crippen MR) is 111 cm³/mol. The molecule has 158 valence electrons. The van der Waals surface area contributed by atoms with E-state index in [0.717, 1.165) is 13.3 Å². The van der Waals surface area contributed by atoms with E-state index >= 15 is 0 Å². The van der Waals surface area contributed by atoms with Gasteiger partial charge in [-0.3, -0.25) is 9.59 Å². The molecule has 3 rings (SSSR count). The molecule has 5 nitrogen and oxygen atoms in total. The number of halogens is 2. The Balaban J connectivity index is 1.73. The minimum Gasteiger partial charge on any atom is -0.494 e. The molecule has 0 spiro atoms. The largest absolute Gasteiger partial charge is 0.494 e. The van der Waals surface area contributed by atoms with Crippen LogP contribution in [0.1, 0.15) is 38.3 Å². The Morgan fingerprint density at radius 2 is 1.90 bits per heavy atom. The summed E-state index contributed by atoms with van der Waals surface area (Å²) in [5.74, 6) is -4.15. The number of ketones is 1. The normalized spacial score (nSPS) is 16.6. The van der Waals surface area contributed by atoms with Gasteiger partial charge in [0.1, 0.15) is 11.7 Å². The quantitative estimate of drug-likeness (QED) is 0.587. The van der Waals surface area contributed by atoms with E-state index in [9.17, 15) is 18.4 Å². The molecule has 0 aromatic heterocycles. The zero-order valence-electron chi connectivity index (χ0n) is 17.2. The van der Waals surface area contributed by atoms with Crippen molar-refractivity contribution in [3.63, 3.8) is 0 Å². The third-order valence-electron chi connectivity index (χ3n) is 4.82. The Morgan fingerprint density at radius 3 is 2.53 bits per heavy atom. The Labute approximate surface area is 174 Å². The molecule has 0 fully saturated rings. The lowest BCUT2D eigenvalue weighted by atomic mass is 9.93. The number of rotatable bonds is 8. The van der Waals surface area contributed by atoms with Crippen molar-refractivity contribution in [3.05, 3.63) is 59.7 Å². The van der Waals surface area contributed by atoms with Crippen LogP contribution in [0.3, 0.4) is 0 Å². The van der Waals surface area contributed by atoms with Crippen LogP contribution in [0.4, 0.5) is 14.5 Å². The molecule has 1 aliphatic rings. The van der Waals surface area contributed by atoms with Gasteiger partial charge in [-0.1, -0.05) is 25.1 Å². The number of carbonyl (C=O) groups excluding carboxylic acids is 2. The molecule has 1 atom stereocenters. The van der Waals surface area contributed by atoms with E-state index in [1.165, 1.54) is 23.2 Å². The van der Waals surface area contributed by atoms with Crippen molar-refractivity contribution in [1.29, 1.82) is 0 Å². The first-order valence-corrected chi connectivity index (χ1v) is 9.82. The van der Waals surface area contributed by atoms with Gasteiger partial charge in [0.15, 0.2) is 5.78 Å². The van der Waals surface area contributed by atoms with E-state index in [0.29, 0.717) is 29.3 Å². The highest BCUT2D eigenvalue weighted by Crippen LogP contribution is 2.29. The first-order valence-electron chi connectivity index (χ1n) is 9.82. The number of alkyl halides is 2. The summed E-state index contributed by atoms with van der Waals surface area (Å²) >= 11 is 0. The molecule has 2 aromatic rings. The van der Waals surface area contributed by atoms with E-state index in [2.05, 4.69) is 5.10 Å². The van der Waals surface area contributed by atoms with Crippen LogP contribution in [0, 0.1) is 5.92 Å². The van der Waals surface area contributed by atoms with Crippen LogP contribution in [0.2, 0.25) is 0 Å². The molecule has 0 saturated carbocycles. The smallest absolute Gasteiger partial charge is 0.270 e. The minimum absolute atomic E-state index is 0.120. The molecule has 0 N–H and O–H groups in total. The molecule has 30 heavy (non-hydrogen) atoms. The standard InChI is InChI=1S/C23H24F2N2O3/c1-4-12-30-19-10-8-18(9-11-19)27-22(29)21(15(2)26-27)20(28)14-16-6-5-7-17(13-16)23(3,24)25/h5-11,13,21H,4,12,14H2,1-3H3. The first-order chi connectivity index (χ1) is 14.2. The van der Waals surface area contributed by atoms with Gasteiger partial charge in [-0.15, -0.1) is 0 Å². The Bertz CT molecular complexity index is 965. The number of hydrazone groups is 1. The van der Waals surface area contributed by atoms with E-state index < -0.39 is 17.7 Å². The molecule has 0 saturated heterocycles. The number of benzene rings is 2. The molecule has 1 heterocycles. The van der Waals surface area contributed by atoms with Crippen LogP contribution in [-0.2, 0) is 21.9 Å². The number of amides is 1. The van der Waals surface area contributed by atoms with Gasteiger partial charge in [0.05, 0.1) is 18.0 Å². The molecular weight excluding hydrogens is 390 g/mol. The predicted octanol–water partition coefficient (Wildman–Crippen LogP) is 4.74. The molecule has 0 radical (unpaired) electrons. The fourth-order valence-corrected chi connectivity index (χ4v) is 3.28. The summed E-state index contributed by atoms with van der Waals surface area (Å²) in [6.07, 6.45) is 0.767. The number of nitrogens with zero attached hydrogens (tertiary/aromatic N) is 2. The van der Waals surface area contributed by atoms with Crippen molar-refractivity contribution >= 4 is 23.1 Å². The van der Waals surface area contributed by atoms with Crippen LogP contribution in [0.5, 0.6) is 5.75 Å². The van der Waals surface area contributed by atoms with E-state index in [-0.39, 0.29) is 17.8 Å². The summed E-state index contributed by atoms with van der Waals surface area (Å²) in [6.45, 7) is 5.04. The third-order valence-corrected chi connectivity index (χ3v) is 4.82. The van der Waals surface area contributed by atoms with Crippen molar-refractivity contribution in [2.24, 2.45) is 11.0 Å². The van der Waals surface area contributed by atoms with Crippen LogP contribution < -0.4 is 9.75 Å². The second-order valence-corrected chi connectivity index (χ2v) is 7.40. The van der Waals surface area contributed by atoms with Gasteiger partial charge in [0, 0.05) is 18.9 Å². The highest BCUT2D eigenvalue weighted by molar-refractivity contribution is 6.27. The highest BCUT2D eigenvalue weighted by atomic mass is 19.3. The SMILES string of the molecule is CCCOc1ccc(N2N=C(C)C(C(=O)Cc3cccc(C(C)(F)F)c3)C2=O)cc1. The minimum atomic E-state index is -3.00. The van der Waals surface area contributed by atoms with Gasteiger partial charge in [0.2, 0.25) is 0 Å². The highest BCUT2D eigenvalue weighted by Gasteiger charge is 2.39.